The zero-order valence-electron chi connectivity index (χ0n) is 16.6. The number of aliphatic imine (C=N–C) groups is 1. The van der Waals surface area contributed by atoms with Crippen LogP contribution in [0.4, 0.5) is 13.2 Å². The first-order valence-electron chi connectivity index (χ1n) is 9.01. The van der Waals surface area contributed by atoms with Crippen LogP contribution in [0.5, 0.6) is 5.75 Å². The van der Waals surface area contributed by atoms with Gasteiger partial charge in [0.2, 0.25) is 0 Å². The van der Waals surface area contributed by atoms with Crippen LogP contribution in [-0.4, -0.2) is 36.8 Å². The second-order valence-corrected chi connectivity index (χ2v) is 7.42. The van der Waals surface area contributed by atoms with E-state index in [1.807, 2.05) is 20.8 Å². The van der Waals surface area contributed by atoms with Gasteiger partial charge in [-0.05, 0) is 26.8 Å². The Balaban J connectivity index is 0.00000420. The highest BCUT2D eigenvalue weighted by Gasteiger charge is 2.28. The van der Waals surface area contributed by atoms with E-state index in [1.54, 1.807) is 29.5 Å². The highest BCUT2D eigenvalue weighted by molar-refractivity contribution is 14.0. The molecule has 0 amide bonds. The van der Waals surface area contributed by atoms with Crippen molar-refractivity contribution >= 4 is 41.3 Å². The Morgan fingerprint density at radius 2 is 1.93 bits per heavy atom. The van der Waals surface area contributed by atoms with Crippen LogP contribution < -0.4 is 15.4 Å². The van der Waals surface area contributed by atoms with E-state index in [9.17, 15) is 13.2 Å². The van der Waals surface area contributed by atoms with Crippen molar-refractivity contribution in [2.45, 2.75) is 39.9 Å². The van der Waals surface area contributed by atoms with Crippen LogP contribution in [0.15, 0.2) is 29.3 Å². The van der Waals surface area contributed by atoms with Crippen LogP contribution in [0.25, 0.3) is 0 Å². The molecule has 1 aromatic carbocycles. The number of nitrogens with one attached hydrogen (secondary N) is 2. The van der Waals surface area contributed by atoms with Gasteiger partial charge in [-0.15, -0.1) is 35.3 Å². The molecule has 0 saturated carbocycles. The van der Waals surface area contributed by atoms with Crippen molar-refractivity contribution < 1.29 is 17.9 Å². The summed E-state index contributed by atoms with van der Waals surface area (Å²) >= 11 is 1.68. The van der Waals surface area contributed by atoms with Crippen molar-refractivity contribution in [1.29, 1.82) is 0 Å². The molecule has 1 aromatic heterocycles. The topological polar surface area (TPSA) is 58.5 Å². The van der Waals surface area contributed by atoms with Gasteiger partial charge in [-0.1, -0.05) is 18.2 Å². The van der Waals surface area contributed by atoms with Crippen molar-refractivity contribution in [3.05, 3.63) is 45.4 Å². The molecule has 0 fully saturated rings. The Hall–Kier alpha value is -1.56. The monoisotopic (exact) mass is 542 g/mol. The number of benzene rings is 1. The lowest BCUT2D eigenvalue weighted by Crippen LogP contribution is -2.38. The van der Waals surface area contributed by atoms with Crippen LogP contribution in [0.1, 0.15) is 28.1 Å². The van der Waals surface area contributed by atoms with E-state index >= 15 is 0 Å². The Morgan fingerprint density at radius 1 is 1.21 bits per heavy atom. The molecule has 0 aliphatic rings. The van der Waals surface area contributed by atoms with Gasteiger partial charge in [0.25, 0.3) is 0 Å². The van der Waals surface area contributed by atoms with Crippen LogP contribution in [0.2, 0.25) is 0 Å². The molecule has 0 atom stereocenters. The van der Waals surface area contributed by atoms with E-state index in [1.165, 1.54) is 10.9 Å². The molecule has 0 radical (unpaired) electrons. The van der Waals surface area contributed by atoms with Crippen LogP contribution in [0.3, 0.4) is 0 Å². The summed E-state index contributed by atoms with van der Waals surface area (Å²) in [6.07, 6.45) is -3.60. The highest BCUT2D eigenvalue weighted by atomic mass is 127. The first kappa shape index (κ1) is 25.5. The van der Waals surface area contributed by atoms with Crippen molar-refractivity contribution in [1.82, 2.24) is 15.6 Å². The molecule has 162 valence electrons. The van der Waals surface area contributed by atoms with Gasteiger partial charge in [-0.3, -0.25) is 0 Å². The average molecular weight is 542 g/mol. The van der Waals surface area contributed by atoms with Gasteiger partial charge in [-0.2, -0.15) is 13.2 Å². The first-order valence-corrected chi connectivity index (χ1v) is 9.82. The molecule has 2 rings (SSSR count). The lowest BCUT2D eigenvalue weighted by Gasteiger charge is -2.13. The fourth-order valence-corrected chi connectivity index (χ4v) is 3.31. The third kappa shape index (κ3) is 9.20. The van der Waals surface area contributed by atoms with Gasteiger partial charge in [0.05, 0.1) is 17.2 Å². The Kier molecular flexibility index (Phi) is 10.7. The number of thiazole rings is 1. The largest absolute Gasteiger partial charge is 0.484 e. The maximum atomic E-state index is 12.4. The molecule has 0 aliphatic carbocycles. The van der Waals surface area contributed by atoms with Gasteiger partial charge in [0, 0.05) is 30.0 Å². The van der Waals surface area contributed by atoms with Crippen molar-refractivity contribution in [3.63, 3.8) is 0 Å². The summed E-state index contributed by atoms with van der Waals surface area (Å²) in [5.74, 6) is 0.784. The SMILES string of the molecule is CCNC(=NCc1ccccc1OCC(F)(F)F)NCCc1nc(C)c(C)s1.I. The summed E-state index contributed by atoms with van der Waals surface area (Å²) in [7, 11) is 0. The molecule has 0 saturated heterocycles. The van der Waals surface area contributed by atoms with E-state index in [-0.39, 0.29) is 36.3 Å². The van der Waals surface area contributed by atoms with Crippen molar-refractivity contribution in [2.75, 3.05) is 19.7 Å². The molecular weight excluding hydrogens is 516 g/mol. The first-order chi connectivity index (χ1) is 13.3. The van der Waals surface area contributed by atoms with E-state index in [4.69, 9.17) is 4.74 Å². The lowest BCUT2D eigenvalue weighted by atomic mass is 10.2. The van der Waals surface area contributed by atoms with Crippen molar-refractivity contribution in [2.24, 2.45) is 4.99 Å². The van der Waals surface area contributed by atoms with E-state index < -0.39 is 12.8 Å². The normalized spacial score (nSPS) is 11.7. The smallest absolute Gasteiger partial charge is 0.422 e. The number of aryl methyl sites for hydroxylation is 2. The second kappa shape index (κ2) is 12.2. The van der Waals surface area contributed by atoms with E-state index in [0.29, 0.717) is 24.6 Å². The molecule has 1 heterocycles. The maximum Gasteiger partial charge on any atom is 0.422 e. The molecule has 0 aliphatic heterocycles. The minimum absolute atomic E-state index is 0. The number of alkyl halides is 3. The third-order valence-electron chi connectivity index (χ3n) is 3.82. The van der Waals surface area contributed by atoms with Gasteiger partial charge >= 0.3 is 6.18 Å². The minimum atomic E-state index is -4.38. The summed E-state index contributed by atoms with van der Waals surface area (Å²) in [6.45, 7) is 6.21. The number of hydrogen-bond donors (Lipinski definition) is 2. The Bertz CT molecular complexity index is 777. The molecule has 2 N–H and O–H groups in total. The second-order valence-electron chi connectivity index (χ2n) is 6.13. The third-order valence-corrected chi connectivity index (χ3v) is 4.95. The van der Waals surface area contributed by atoms with E-state index in [0.717, 1.165) is 17.1 Å². The molecule has 2 aromatic rings. The quantitative estimate of drug-likeness (QED) is 0.291. The van der Waals surface area contributed by atoms with Gasteiger partial charge < -0.3 is 15.4 Å². The predicted molar refractivity (Wildman–Crippen MR) is 122 cm³/mol. The number of halogens is 4. The predicted octanol–water partition coefficient (Wildman–Crippen LogP) is 4.62. The summed E-state index contributed by atoms with van der Waals surface area (Å²) in [5, 5.41) is 7.42. The highest BCUT2D eigenvalue weighted by Crippen LogP contribution is 2.22. The summed E-state index contributed by atoms with van der Waals surface area (Å²) in [5.41, 5.74) is 1.64. The number of para-hydroxylation sites is 1. The summed E-state index contributed by atoms with van der Waals surface area (Å²) in [6, 6.07) is 6.61. The molecular formula is C19H26F3IN4OS. The molecule has 10 heteroatoms. The molecule has 0 unspecified atom stereocenters. The zero-order valence-corrected chi connectivity index (χ0v) is 19.7. The van der Waals surface area contributed by atoms with Crippen LogP contribution in [-0.2, 0) is 13.0 Å². The van der Waals surface area contributed by atoms with Gasteiger partial charge in [0.15, 0.2) is 12.6 Å². The molecule has 0 spiro atoms. The van der Waals surface area contributed by atoms with E-state index in [2.05, 4.69) is 20.6 Å². The fourth-order valence-electron chi connectivity index (χ4n) is 2.37. The van der Waals surface area contributed by atoms with Crippen LogP contribution in [0, 0.1) is 13.8 Å². The number of hydrogen-bond acceptors (Lipinski definition) is 4. The summed E-state index contributed by atoms with van der Waals surface area (Å²) < 4.78 is 42.2. The number of rotatable bonds is 8. The molecule has 5 nitrogen and oxygen atoms in total. The van der Waals surface area contributed by atoms with Crippen molar-refractivity contribution in [3.8, 4) is 5.75 Å². The average Bonchev–Trinajstić information content (AvgIpc) is 2.95. The number of ether oxygens (including phenoxy) is 1. The van der Waals surface area contributed by atoms with Crippen LogP contribution >= 0.6 is 35.3 Å². The van der Waals surface area contributed by atoms with Gasteiger partial charge in [-0.25, -0.2) is 9.98 Å². The number of guanidine groups is 1. The maximum absolute atomic E-state index is 12.4. The number of aromatic nitrogens is 1. The Morgan fingerprint density at radius 3 is 2.55 bits per heavy atom. The molecule has 0 bridgehead atoms. The Labute approximate surface area is 190 Å². The molecule has 29 heavy (non-hydrogen) atoms. The summed E-state index contributed by atoms with van der Waals surface area (Å²) in [4.78, 5) is 10.2. The minimum Gasteiger partial charge on any atom is -0.484 e. The standard InChI is InChI=1S/C19H25F3N4OS.HI/c1-4-23-18(24-10-9-17-26-13(2)14(3)28-17)25-11-15-7-5-6-8-16(15)27-12-19(20,21)22;/h5-8H,4,9-12H2,1-3H3,(H2,23,24,25);1H. The zero-order chi connectivity index (χ0) is 20.6. The number of nitrogens with zero attached hydrogens (tertiary/aromatic N) is 2. The van der Waals surface area contributed by atoms with Gasteiger partial charge in [0.1, 0.15) is 5.75 Å². The fraction of sp³-hybridized carbons (Fsp3) is 0.474. The lowest BCUT2D eigenvalue weighted by molar-refractivity contribution is -0.153.